The number of ether oxygens (including phenoxy) is 1. The molecule has 8 nitrogen and oxygen atoms in total. The Hall–Kier alpha value is -0.290. The standard InChI is InChI=1S/C7H14O8S/c1-16(12,13)15-6-5(10)4(9)3(2-8)14-7(6)11/h3-11H,2H2,1H3/t3-,4-,5+,6+,7-/m1/s1. The summed E-state index contributed by atoms with van der Waals surface area (Å²) in [7, 11) is -3.91. The van der Waals surface area contributed by atoms with Crippen LogP contribution in [0.5, 0.6) is 0 Å². The van der Waals surface area contributed by atoms with Gasteiger partial charge in [0.25, 0.3) is 10.1 Å². The fourth-order valence-corrected chi connectivity index (χ4v) is 1.99. The summed E-state index contributed by atoms with van der Waals surface area (Å²) in [5, 5.41) is 37.0. The van der Waals surface area contributed by atoms with Crippen LogP contribution in [0.3, 0.4) is 0 Å². The van der Waals surface area contributed by atoms with Crippen LogP contribution >= 0.6 is 0 Å². The number of aliphatic hydroxyl groups excluding tert-OH is 4. The van der Waals surface area contributed by atoms with Crippen molar-refractivity contribution in [3.8, 4) is 0 Å². The normalized spacial score (nSPS) is 40.9. The van der Waals surface area contributed by atoms with Gasteiger partial charge in [0.15, 0.2) is 12.4 Å². The first kappa shape index (κ1) is 13.8. The van der Waals surface area contributed by atoms with E-state index >= 15 is 0 Å². The number of aliphatic hydroxyl groups is 4. The van der Waals surface area contributed by atoms with Gasteiger partial charge in [-0.15, -0.1) is 0 Å². The lowest BCUT2D eigenvalue weighted by atomic mass is 9.99. The maximum absolute atomic E-state index is 10.8. The van der Waals surface area contributed by atoms with Crippen molar-refractivity contribution in [3.63, 3.8) is 0 Å². The summed E-state index contributed by atoms with van der Waals surface area (Å²) in [6.07, 6.45) is -7.03. The smallest absolute Gasteiger partial charge is 0.264 e. The summed E-state index contributed by atoms with van der Waals surface area (Å²) in [5.74, 6) is 0. The van der Waals surface area contributed by atoms with E-state index in [9.17, 15) is 23.7 Å². The van der Waals surface area contributed by atoms with E-state index in [-0.39, 0.29) is 0 Å². The van der Waals surface area contributed by atoms with Crippen LogP contribution in [0.25, 0.3) is 0 Å². The molecule has 4 N–H and O–H groups in total. The number of hydrogen-bond acceptors (Lipinski definition) is 8. The fraction of sp³-hybridized carbons (Fsp3) is 1.00. The molecule has 0 aromatic heterocycles. The molecule has 1 fully saturated rings. The first-order valence-corrected chi connectivity index (χ1v) is 6.26. The number of hydrogen-bond donors (Lipinski definition) is 4. The minimum atomic E-state index is -3.91. The summed E-state index contributed by atoms with van der Waals surface area (Å²) < 4.78 is 30.7. The molecule has 1 rings (SSSR count). The van der Waals surface area contributed by atoms with Gasteiger partial charge < -0.3 is 25.2 Å². The Bertz CT molecular complexity index is 327. The summed E-state index contributed by atoms with van der Waals surface area (Å²) in [6, 6.07) is 0. The molecule has 5 atom stereocenters. The average Bonchev–Trinajstić information content (AvgIpc) is 2.17. The lowest BCUT2D eigenvalue weighted by Crippen LogP contribution is -2.59. The highest BCUT2D eigenvalue weighted by Crippen LogP contribution is 2.23. The molecule has 9 heteroatoms. The molecule has 1 aliphatic rings. The van der Waals surface area contributed by atoms with Gasteiger partial charge in [0.2, 0.25) is 0 Å². The van der Waals surface area contributed by atoms with Gasteiger partial charge in [-0.05, 0) is 0 Å². The van der Waals surface area contributed by atoms with Gasteiger partial charge in [-0.3, -0.25) is 4.18 Å². The van der Waals surface area contributed by atoms with Crippen LogP contribution in [-0.2, 0) is 19.0 Å². The molecule has 0 aromatic rings. The Kier molecular flexibility index (Phi) is 4.23. The monoisotopic (exact) mass is 258 g/mol. The third-order valence-electron chi connectivity index (χ3n) is 2.13. The maximum Gasteiger partial charge on any atom is 0.264 e. The fourth-order valence-electron chi connectivity index (χ4n) is 1.38. The molecule has 0 saturated carbocycles. The molecular formula is C7H14O8S. The Morgan fingerprint density at radius 2 is 1.81 bits per heavy atom. The third-order valence-corrected chi connectivity index (χ3v) is 2.70. The van der Waals surface area contributed by atoms with Crippen molar-refractivity contribution >= 4 is 10.1 Å². The van der Waals surface area contributed by atoms with Crippen LogP contribution in [0.1, 0.15) is 0 Å². The van der Waals surface area contributed by atoms with Crippen molar-refractivity contribution in [2.45, 2.75) is 30.7 Å². The second kappa shape index (κ2) is 4.92. The average molecular weight is 258 g/mol. The second-order valence-electron chi connectivity index (χ2n) is 3.49. The second-order valence-corrected chi connectivity index (χ2v) is 5.09. The molecule has 1 saturated heterocycles. The minimum absolute atomic E-state index is 0.624. The van der Waals surface area contributed by atoms with E-state index in [0.29, 0.717) is 0 Å². The molecule has 0 bridgehead atoms. The highest BCUT2D eigenvalue weighted by atomic mass is 32.2. The maximum atomic E-state index is 10.8. The molecule has 1 heterocycles. The SMILES string of the molecule is CS(=O)(=O)O[C@H]1[C@@H](O)[C@H](O)[C@@H](CO)O[C@H]1O. The zero-order valence-electron chi connectivity index (χ0n) is 8.42. The van der Waals surface area contributed by atoms with E-state index < -0.39 is 47.4 Å². The molecule has 0 amide bonds. The first-order chi connectivity index (χ1) is 7.26. The zero-order valence-corrected chi connectivity index (χ0v) is 9.24. The molecule has 1 aliphatic heterocycles. The van der Waals surface area contributed by atoms with E-state index in [4.69, 9.17) is 5.11 Å². The van der Waals surface area contributed by atoms with Crippen LogP contribution in [0, 0.1) is 0 Å². The number of rotatable bonds is 3. The summed E-state index contributed by atoms with van der Waals surface area (Å²) in [6.45, 7) is -0.624. The van der Waals surface area contributed by atoms with Gasteiger partial charge in [-0.25, -0.2) is 0 Å². The van der Waals surface area contributed by atoms with Gasteiger partial charge in [0.05, 0.1) is 12.9 Å². The quantitative estimate of drug-likeness (QED) is 0.388. The van der Waals surface area contributed by atoms with Gasteiger partial charge in [0.1, 0.15) is 18.3 Å². The molecule has 0 radical (unpaired) electrons. The molecule has 96 valence electrons. The first-order valence-electron chi connectivity index (χ1n) is 4.45. The Morgan fingerprint density at radius 1 is 1.25 bits per heavy atom. The van der Waals surface area contributed by atoms with Crippen molar-refractivity contribution in [2.24, 2.45) is 0 Å². The van der Waals surface area contributed by atoms with Crippen molar-refractivity contribution in [1.29, 1.82) is 0 Å². The molecule has 0 aromatic carbocycles. The minimum Gasteiger partial charge on any atom is -0.394 e. The lowest BCUT2D eigenvalue weighted by Gasteiger charge is -2.38. The van der Waals surface area contributed by atoms with Crippen molar-refractivity contribution in [2.75, 3.05) is 12.9 Å². The van der Waals surface area contributed by atoms with Crippen molar-refractivity contribution in [3.05, 3.63) is 0 Å². The highest BCUT2D eigenvalue weighted by Gasteiger charge is 2.45. The van der Waals surface area contributed by atoms with E-state index in [1.165, 1.54) is 0 Å². The summed E-state index contributed by atoms with van der Waals surface area (Å²) in [4.78, 5) is 0. The van der Waals surface area contributed by atoms with Gasteiger partial charge in [-0.2, -0.15) is 8.42 Å². The van der Waals surface area contributed by atoms with E-state index in [2.05, 4.69) is 8.92 Å². The lowest BCUT2D eigenvalue weighted by molar-refractivity contribution is -0.279. The van der Waals surface area contributed by atoms with Crippen LogP contribution in [0.15, 0.2) is 0 Å². The largest absolute Gasteiger partial charge is 0.394 e. The zero-order chi connectivity index (χ0) is 12.5. The van der Waals surface area contributed by atoms with Crippen molar-refractivity contribution < 1.29 is 37.8 Å². The van der Waals surface area contributed by atoms with Gasteiger partial charge >= 0.3 is 0 Å². The Morgan fingerprint density at radius 3 is 2.25 bits per heavy atom. The van der Waals surface area contributed by atoms with E-state index in [0.717, 1.165) is 6.26 Å². The topological polar surface area (TPSA) is 134 Å². The highest BCUT2D eigenvalue weighted by molar-refractivity contribution is 7.86. The molecular weight excluding hydrogens is 244 g/mol. The summed E-state index contributed by atoms with van der Waals surface area (Å²) >= 11 is 0. The molecule has 0 spiro atoms. The molecule has 16 heavy (non-hydrogen) atoms. The molecule has 0 unspecified atom stereocenters. The Labute approximate surface area is 92.2 Å². The predicted octanol–water partition coefficient (Wildman–Crippen LogP) is -3.24. The Balaban J connectivity index is 2.80. The van der Waals surface area contributed by atoms with Crippen LogP contribution in [0.4, 0.5) is 0 Å². The van der Waals surface area contributed by atoms with Crippen LogP contribution < -0.4 is 0 Å². The predicted molar refractivity (Wildman–Crippen MR) is 49.7 cm³/mol. The summed E-state index contributed by atoms with van der Waals surface area (Å²) in [5.41, 5.74) is 0. The van der Waals surface area contributed by atoms with E-state index in [1.54, 1.807) is 0 Å². The molecule has 0 aliphatic carbocycles. The van der Waals surface area contributed by atoms with Crippen LogP contribution in [-0.4, -0.2) is 72.4 Å². The van der Waals surface area contributed by atoms with Crippen LogP contribution in [0.2, 0.25) is 0 Å². The third kappa shape index (κ3) is 3.10. The van der Waals surface area contributed by atoms with Gasteiger partial charge in [0, 0.05) is 0 Å². The van der Waals surface area contributed by atoms with Gasteiger partial charge in [-0.1, -0.05) is 0 Å². The van der Waals surface area contributed by atoms with E-state index in [1.807, 2.05) is 0 Å². The van der Waals surface area contributed by atoms with Crippen molar-refractivity contribution in [1.82, 2.24) is 0 Å².